The molecule has 0 spiro atoms. The minimum Gasteiger partial charge on any atom is -0.419 e. The van der Waals surface area contributed by atoms with Gasteiger partial charge in [-0.25, -0.2) is 0 Å². The van der Waals surface area contributed by atoms with Crippen LogP contribution in [0, 0.1) is 0 Å². The van der Waals surface area contributed by atoms with Crippen LogP contribution in [0.1, 0.15) is 30.1 Å². The predicted octanol–water partition coefficient (Wildman–Crippen LogP) is 5.82. The first-order chi connectivity index (χ1) is 13.4. The number of hydrogen-bond donors (Lipinski definition) is 0. The van der Waals surface area contributed by atoms with Crippen molar-refractivity contribution in [3.63, 3.8) is 0 Å². The maximum absolute atomic E-state index is 13.1. The van der Waals surface area contributed by atoms with Gasteiger partial charge < -0.3 is 9.32 Å². The average Bonchev–Trinajstić information content (AvgIpc) is 3.14. The molecule has 1 heterocycles. The van der Waals surface area contributed by atoms with Crippen LogP contribution in [0.4, 0.5) is 0 Å². The first-order valence-corrected chi connectivity index (χ1v) is 10.6. The Morgan fingerprint density at radius 2 is 1.89 bits per heavy atom. The van der Waals surface area contributed by atoms with E-state index < -0.39 is 0 Å². The number of benzene rings is 2. The molecule has 5 nitrogen and oxygen atoms in total. The molecule has 146 valence electrons. The fourth-order valence-corrected chi connectivity index (χ4v) is 3.50. The maximum atomic E-state index is 13.1. The van der Waals surface area contributed by atoms with Gasteiger partial charge in [0.15, 0.2) is 0 Å². The summed E-state index contributed by atoms with van der Waals surface area (Å²) in [7, 11) is 0. The lowest BCUT2D eigenvalue weighted by Crippen LogP contribution is -2.36. The van der Waals surface area contributed by atoms with Gasteiger partial charge in [-0.1, -0.05) is 35.3 Å². The third-order valence-electron chi connectivity index (χ3n) is 4.16. The summed E-state index contributed by atoms with van der Waals surface area (Å²) in [6.45, 7) is 4.03. The van der Waals surface area contributed by atoms with Crippen LogP contribution in [0.5, 0.6) is 0 Å². The molecule has 0 aliphatic carbocycles. The molecule has 1 aromatic heterocycles. The van der Waals surface area contributed by atoms with Crippen molar-refractivity contribution in [3.8, 4) is 11.5 Å². The van der Waals surface area contributed by atoms with E-state index in [4.69, 9.17) is 27.6 Å². The first kappa shape index (κ1) is 20.7. The highest BCUT2D eigenvalue weighted by atomic mass is 35.5. The Hall–Kier alpha value is -2.02. The van der Waals surface area contributed by atoms with Crippen LogP contribution in [0.2, 0.25) is 10.0 Å². The molecule has 2 aromatic carbocycles. The second-order valence-electron chi connectivity index (χ2n) is 6.35. The zero-order valence-electron chi connectivity index (χ0n) is 15.6. The Morgan fingerprint density at radius 1 is 1.14 bits per heavy atom. The molecule has 0 unspecified atom stereocenters. The Balaban J connectivity index is 1.87. The number of amides is 1. The van der Waals surface area contributed by atoms with Gasteiger partial charge in [0.25, 0.3) is 5.91 Å². The molecule has 0 aliphatic heterocycles. The lowest BCUT2D eigenvalue weighted by molar-refractivity contribution is 0.0672. The summed E-state index contributed by atoms with van der Waals surface area (Å²) in [5, 5.41) is 9.09. The van der Waals surface area contributed by atoms with E-state index in [1.807, 2.05) is 38.3 Å². The predicted molar refractivity (Wildman–Crippen MR) is 113 cm³/mol. The summed E-state index contributed by atoms with van der Waals surface area (Å²) < 4.78 is 5.75. The normalized spacial score (nSPS) is 11.1. The van der Waals surface area contributed by atoms with Crippen molar-refractivity contribution < 1.29 is 9.21 Å². The molecule has 8 heteroatoms. The van der Waals surface area contributed by atoms with E-state index in [-0.39, 0.29) is 18.5 Å². The van der Waals surface area contributed by atoms with Crippen LogP contribution in [0.25, 0.3) is 11.5 Å². The standard InChI is InChI=1S/C20H19Cl2N3O2S/c1-12(2)25(20(26)15-10-13(28-3)8-9-17(15)22)11-18-23-24-19(27-18)14-6-4-5-7-16(14)21/h4-10,12H,11H2,1-3H3. The molecule has 0 radical (unpaired) electrons. The van der Waals surface area contributed by atoms with E-state index in [1.54, 1.807) is 40.9 Å². The third-order valence-corrected chi connectivity index (χ3v) is 5.55. The van der Waals surface area contributed by atoms with E-state index in [0.29, 0.717) is 33.0 Å². The van der Waals surface area contributed by atoms with Crippen molar-refractivity contribution in [1.29, 1.82) is 0 Å². The minimum absolute atomic E-state index is 0.0860. The van der Waals surface area contributed by atoms with Crippen LogP contribution >= 0.6 is 35.0 Å². The highest BCUT2D eigenvalue weighted by molar-refractivity contribution is 7.98. The molecular formula is C20H19Cl2N3O2S. The van der Waals surface area contributed by atoms with Crippen LogP contribution in [0.15, 0.2) is 51.8 Å². The summed E-state index contributed by atoms with van der Waals surface area (Å²) in [5.74, 6) is 0.460. The van der Waals surface area contributed by atoms with E-state index in [1.165, 1.54) is 0 Å². The first-order valence-electron chi connectivity index (χ1n) is 8.62. The second-order valence-corrected chi connectivity index (χ2v) is 8.05. The molecule has 0 atom stereocenters. The van der Waals surface area contributed by atoms with Gasteiger partial charge in [-0.05, 0) is 50.4 Å². The van der Waals surface area contributed by atoms with Gasteiger partial charge in [0.2, 0.25) is 11.8 Å². The summed E-state index contributed by atoms with van der Waals surface area (Å²) in [6, 6.07) is 12.6. The van der Waals surface area contributed by atoms with Gasteiger partial charge in [-0.2, -0.15) is 0 Å². The number of halogens is 2. The van der Waals surface area contributed by atoms with Crippen LogP contribution in [-0.4, -0.2) is 33.3 Å². The summed E-state index contributed by atoms with van der Waals surface area (Å²) in [5.41, 5.74) is 1.11. The van der Waals surface area contributed by atoms with Crippen LogP contribution < -0.4 is 0 Å². The van der Waals surface area contributed by atoms with Crippen LogP contribution in [0.3, 0.4) is 0 Å². The smallest absolute Gasteiger partial charge is 0.256 e. The molecule has 0 saturated heterocycles. The van der Waals surface area contributed by atoms with Gasteiger partial charge in [0.05, 0.1) is 27.7 Å². The Kier molecular flexibility index (Phi) is 6.65. The average molecular weight is 436 g/mol. The largest absolute Gasteiger partial charge is 0.419 e. The molecule has 1 amide bonds. The second kappa shape index (κ2) is 8.99. The van der Waals surface area contributed by atoms with Crippen molar-refractivity contribution in [2.24, 2.45) is 0 Å². The lowest BCUT2D eigenvalue weighted by atomic mass is 10.1. The van der Waals surface area contributed by atoms with Crippen molar-refractivity contribution >= 4 is 40.9 Å². The Bertz CT molecular complexity index is 991. The topological polar surface area (TPSA) is 59.2 Å². The van der Waals surface area contributed by atoms with Gasteiger partial charge in [0, 0.05) is 10.9 Å². The molecule has 0 aliphatic rings. The number of carbonyl (C=O) groups excluding carboxylic acids is 1. The molecule has 0 fully saturated rings. The van der Waals surface area contributed by atoms with Gasteiger partial charge >= 0.3 is 0 Å². The molecule has 3 aromatic rings. The lowest BCUT2D eigenvalue weighted by Gasteiger charge is -2.25. The van der Waals surface area contributed by atoms with Crippen LogP contribution in [-0.2, 0) is 6.54 Å². The van der Waals surface area contributed by atoms with Gasteiger partial charge in [-0.15, -0.1) is 22.0 Å². The summed E-state index contributed by atoms with van der Waals surface area (Å²) in [6.07, 6.45) is 1.95. The zero-order chi connectivity index (χ0) is 20.3. The van der Waals surface area contributed by atoms with E-state index in [2.05, 4.69) is 10.2 Å². The highest BCUT2D eigenvalue weighted by Crippen LogP contribution is 2.28. The molecule has 0 saturated carbocycles. The minimum atomic E-state index is -0.187. The monoisotopic (exact) mass is 435 g/mol. The van der Waals surface area contributed by atoms with E-state index >= 15 is 0 Å². The Morgan fingerprint density at radius 3 is 2.57 bits per heavy atom. The van der Waals surface area contributed by atoms with E-state index in [0.717, 1.165) is 4.90 Å². The number of aromatic nitrogens is 2. The molecule has 0 N–H and O–H groups in total. The molecule has 28 heavy (non-hydrogen) atoms. The fourth-order valence-electron chi connectivity index (χ4n) is 2.65. The van der Waals surface area contributed by atoms with E-state index in [9.17, 15) is 4.79 Å². The number of carbonyl (C=O) groups is 1. The molecule has 0 bridgehead atoms. The third kappa shape index (κ3) is 4.51. The summed E-state index contributed by atoms with van der Waals surface area (Å²) >= 11 is 14.0. The number of hydrogen-bond acceptors (Lipinski definition) is 5. The van der Waals surface area contributed by atoms with Gasteiger partial charge in [0.1, 0.15) is 0 Å². The van der Waals surface area contributed by atoms with Crippen molar-refractivity contribution in [3.05, 3.63) is 64.0 Å². The number of rotatable bonds is 6. The SMILES string of the molecule is CSc1ccc(Cl)c(C(=O)N(Cc2nnc(-c3ccccc3Cl)o2)C(C)C)c1. The van der Waals surface area contributed by atoms with Crippen molar-refractivity contribution in [1.82, 2.24) is 15.1 Å². The zero-order valence-corrected chi connectivity index (χ0v) is 18.0. The molecule has 3 rings (SSSR count). The van der Waals surface area contributed by atoms with Crippen molar-refractivity contribution in [2.75, 3.05) is 6.26 Å². The number of nitrogens with zero attached hydrogens (tertiary/aromatic N) is 3. The Labute approximate surface area is 178 Å². The summed E-state index contributed by atoms with van der Waals surface area (Å²) in [4.78, 5) is 15.7. The quantitative estimate of drug-likeness (QED) is 0.456. The highest BCUT2D eigenvalue weighted by Gasteiger charge is 2.24. The van der Waals surface area contributed by atoms with Crippen molar-refractivity contribution in [2.45, 2.75) is 31.3 Å². The molecular weight excluding hydrogens is 417 g/mol. The van der Waals surface area contributed by atoms with Gasteiger partial charge in [-0.3, -0.25) is 4.79 Å². The number of thioether (sulfide) groups is 1. The maximum Gasteiger partial charge on any atom is 0.256 e. The fraction of sp³-hybridized carbons (Fsp3) is 0.250.